The zero-order chi connectivity index (χ0) is 17.8. The molecule has 6 heteroatoms. The molecule has 1 saturated heterocycles. The molecule has 25 heavy (non-hydrogen) atoms. The molecule has 0 radical (unpaired) electrons. The molecule has 4 nitrogen and oxygen atoms in total. The maximum atomic E-state index is 12.6. The summed E-state index contributed by atoms with van der Waals surface area (Å²) < 4.78 is 0.530. The Morgan fingerprint density at radius 3 is 2.56 bits per heavy atom. The van der Waals surface area contributed by atoms with Gasteiger partial charge in [0, 0.05) is 12.1 Å². The third kappa shape index (κ3) is 4.27. The van der Waals surface area contributed by atoms with E-state index < -0.39 is 5.25 Å². The average Bonchev–Trinajstić information content (AvgIpc) is 2.85. The Hall–Kier alpha value is -2.18. The predicted octanol–water partition coefficient (Wildman–Crippen LogP) is 3.75. The molecule has 0 saturated carbocycles. The first-order chi connectivity index (χ1) is 12.0. The second kappa shape index (κ2) is 7.80. The highest BCUT2D eigenvalue weighted by molar-refractivity contribution is 8.24. The molecule has 1 aliphatic heterocycles. The Bertz CT molecular complexity index is 808. The summed E-state index contributed by atoms with van der Waals surface area (Å²) in [6.45, 7) is 2.38. The molecule has 1 fully saturated rings. The fraction of sp³-hybridized carbons (Fsp3) is 0.211. The van der Waals surface area contributed by atoms with E-state index in [9.17, 15) is 9.59 Å². The number of thiocarbonyl (C=S) groups is 1. The van der Waals surface area contributed by atoms with Gasteiger partial charge < -0.3 is 5.32 Å². The molecule has 0 aromatic heterocycles. The van der Waals surface area contributed by atoms with E-state index in [0.717, 1.165) is 16.8 Å². The van der Waals surface area contributed by atoms with Crippen molar-refractivity contribution in [1.29, 1.82) is 0 Å². The number of rotatable bonds is 5. The van der Waals surface area contributed by atoms with Gasteiger partial charge >= 0.3 is 0 Å². The number of hydrogen-bond acceptors (Lipinski definition) is 4. The highest BCUT2D eigenvalue weighted by Crippen LogP contribution is 2.31. The molecule has 0 aliphatic carbocycles. The third-order valence-corrected chi connectivity index (χ3v) is 5.56. The van der Waals surface area contributed by atoms with Gasteiger partial charge in [0.15, 0.2) is 0 Å². The van der Waals surface area contributed by atoms with Gasteiger partial charge in [-0.15, -0.1) is 0 Å². The number of para-hydroxylation sites is 1. The molecule has 128 valence electrons. The van der Waals surface area contributed by atoms with Gasteiger partial charge in [-0.3, -0.25) is 14.5 Å². The fourth-order valence-corrected chi connectivity index (χ4v) is 4.11. The molecular weight excluding hydrogens is 352 g/mol. The second-order valence-electron chi connectivity index (χ2n) is 5.85. The van der Waals surface area contributed by atoms with Crippen LogP contribution in [-0.2, 0) is 16.1 Å². The van der Waals surface area contributed by atoms with Crippen molar-refractivity contribution >= 4 is 45.8 Å². The number of aryl methyl sites for hydroxylation is 1. The smallest absolute Gasteiger partial charge is 0.242 e. The van der Waals surface area contributed by atoms with Gasteiger partial charge in [0.25, 0.3) is 0 Å². The lowest BCUT2D eigenvalue weighted by atomic mass is 10.2. The summed E-state index contributed by atoms with van der Waals surface area (Å²) in [7, 11) is 0. The number of thioether (sulfide) groups is 1. The summed E-state index contributed by atoms with van der Waals surface area (Å²) in [4.78, 5) is 26.5. The number of nitrogens with one attached hydrogen (secondary N) is 1. The lowest BCUT2D eigenvalue weighted by Crippen LogP contribution is -2.32. The Kier molecular flexibility index (Phi) is 5.50. The molecule has 3 rings (SSSR count). The maximum absolute atomic E-state index is 12.6. The summed E-state index contributed by atoms with van der Waals surface area (Å²) in [5, 5.41) is 2.41. The minimum Gasteiger partial charge on any atom is -0.326 e. The molecule has 1 atom stereocenters. The van der Waals surface area contributed by atoms with Crippen LogP contribution in [0.15, 0.2) is 54.6 Å². The third-order valence-electron chi connectivity index (χ3n) is 3.98. The van der Waals surface area contributed by atoms with Crippen LogP contribution in [0.3, 0.4) is 0 Å². The Morgan fingerprint density at radius 2 is 1.84 bits per heavy atom. The number of amides is 2. The average molecular weight is 370 g/mol. The first-order valence-electron chi connectivity index (χ1n) is 7.96. The second-order valence-corrected chi connectivity index (χ2v) is 7.69. The van der Waals surface area contributed by atoms with Crippen LogP contribution in [0.2, 0.25) is 0 Å². The molecule has 1 heterocycles. The van der Waals surface area contributed by atoms with Crippen molar-refractivity contribution in [2.75, 3.05) is 5.32 Å². The molecule has 2 aromatic rings. The van der Waals surface area contributed by atoms with Crippen LogP contribution in [0.1, 0.15) is 17.5 Å². The fourth-order valence-electron chi connectivity index (χ4n) is 2.62. The first kappa shape index (κ1) is 17.6. The summed E-state index contributed by atoms with van der Waals surface area (Å²) in [5.74, 6) is -0.275. The van der Waals surface area contributed by atoms with E-state index in [0.29, 0.717) is 10.9 Å². The van der Waals surface area contributed by atoms with Gasteiger partial charge in [-0.25, -0.2) is 0 Å². The predicted molar refractivity (Wildman–Crippen MR) is 105 cm³/mol. The number of carbonyl (C=O) groups excluding carboxylic acids is 2. The molecule has 2 aromatic carbocycles. The van der Waals surface area contributed by atoms with Gasteiger partial charge in [-0.2, -0.15) is 0 Å². The van der Waals surface area contributed by atoms with Gasteiger partial charge in [0.1, 0.15) is 4.32 Å². The molecule has 1 aliphatic rings. The van der Waals surface area contributed by atoms with E-state index in [1.54, 1.807) is 4.90 Å². The lowest BCUT2D eigenvalue weighted by Gasteiger charge is -2.15. The van der Waals surface area contributed by atoms with Crippen LogP contribution in [0, 0.1) is 6.92 Å². The molecule has 0 unspecified atom stereocenters. The van der Waals surface area contributed by atoms with E-state index >= 15 is 0 Å². The number of hydrogen-bond donors (Lipinski definition) is 1. The molecule has 2 amide bonds. The Labute approximate surface area is 156 Å². The van der Waals surface area contributed by atoms with Crippen molar-refractivity contribution in [3.05, 3.63) is 65.7 Å². The van der Waals surface area contributed by atoms with E-state index in [-0.39, 0.29) is 18.2 Å². The number of nitrogens with zero attached hydrogens (tertiary/aromatic N) is 1. The summed E-state index contributed by atoms with van der Waals surface area (Å²) in [5.41, 5.74) is 2.78. The number of benzene rings is 2. The van der Waals surface area contributed by atoms with Crippen molar-refractivity contribution in [2.24, 2.45) is 0 Å². The Morgan fingerprint density at radius 1 is 1.16 bits per heavy atom. The highest BCUT2D eigenvalue weighted by Gasteiger charge is 2.38. The van der Waals surface area contributed by atoms with Crippen molar-refractivity contribution in [3.63, 3.8) is 0 Å². The topological polar surface area (TPSA) is 49.4 Å². The van der Waals surface area contributed by atoms with E-state index in [1.165, 1.54) is 11.8 Å². The number of anilines is 1. The van der Waals surface area contributed by atoms with Gasteiger partial charge in [-0.05, 0) is 24.1 Å². The maximum Gasteiger partial charge on any atom is 0.242 e. The normalized spacial score (nSPS) is 17.0. The van der Waals surface area contributed by atoms with Crippen LogP contribution in [-0.4, -0.2) is 26.3 Å². The van der Waals surface area contributed by atoms with Crippen LogP contribution < -0.4 is 5.32 Å². The standard InChI is InChI=1S/C19H18N2O2S2/c1-13-7-5-6-10-15(13)20-17(22)11-16-18(23)21(19(24)25-16)12-14-8-3-2-4-9-14/h2-10,16H,11-12H2,1H3,(H,20,22)/t16-/m0/s1. The highest BCUT2D eigenvalue weighted by atomic mass is 32.2. The summed E-state index contributed by atoms with van der Waals surface area (Å²) >= 11 is 6.62. The van der Waals surface area contributed by atoms with Gasteiger partial charge in [-0.1, -0.05) is 72.5 Å². The van der Waals surface area contributed by atoms with Crippen molar-refractivity contribution < 1.29 is 9.59 Å². The van der Waals surface area contributed by atoms with E-state index in [1.807, 2.05) is 61.5 Å². The largest absolute Gasteiger partial charge is 0.326 e. The first-order valence-corrected chi connectivity index (χ1v) is 9.25. The lowest BCUT2D eigenvalue weighted by molar-refractivity contribution is -0.128. The van der Waals surface area contributed by atoms with Crippen molar-refractivity contribution in [1.82, 2.24) is 4.90 Å². The minimum absolute atomic E-state index is 0.0983. The molecule has 0 bridgehead atoms. The molecule has 1 N–H and O–H groups in total. The summed E-state index contributed by atoms with van der Waals surface area (Å²) in [6, 6.07) is 17.3. The quantitative estimate of drug-likeness (QED) is 0.815. The SMILES string of the molecule is Cc1ccccc1NC(=O)C[C@@H]1SC(=S)N(Cc2ccccc2)C1=O. The van der Waals surface area contributed by atoms with Crippen LogP contribution in [0.4, 0.5) is 5.69 Å². The zero-order valence-corrected chi connectivity index (χ0v) is 15.4. The van der Waals surface area contributed by atoms with Crippen LogP contribution in [0.5, 0.6) is 0 Å². The van der Waals surface area contributed by atoms with Gasteiger partial charge in [0.2, 0.25) is 11.8 Å². The van der Waals surface area contributed by atoms with Crippen molar-refractivity contribution in [2.45, 2.75) is 25.1 Å². The van der Waals surface area contributed by atoms with E-state index in [4.69, 9.17) is 12.2 Å². The minimum atomic E-state index is -0.458. The summed E-state index contributed by atoms with van der Waals surface area (Å²) in [6.07, 6.45) is 0.114. The monoisotopic (exact) mass is 370 g/mol. The van der Waals surface area contributed by atoms with Crippen LogP contribution >= 0.6 is 24.0 Å². The zero-order valence-electron chi connectivity index (χ0n) is 13.8. The Balaban J connectivity index is 1.62. The molecule has 0 spiro atoms. The van der Waals surface area contributed by atoms with Crippen LogP contribution in [0.25, 0.3) is 0 Å². The van der Waals surface area contributed by atoms with Gasteiger partial charge in [0.05, 0.1) is 11.8 Å². The van der Waals surface area contributed by atoms with E-state index in [2.05, 4.69) is 5.32 Å². The molecular formula is C19H18N2O2S2. The number of carbonyl (C=O) groups is 2. The van der Waals surface area contributed by atoms with Crippen molar-refractivity contribution in [3.8, 4) is 0 Å².